The zero-order valence-corrected chi connectivity index (χ0v) is 27.7. The van der Waals surface area contributed by atoms with E-state index in [0.717, 1.165) is 27.1 Å². The van der Waals surface area contributed by atoms with Crippen LogP contribution in [0.2, 0.25) is 0 Å². The predicted octanol–water partition coefficient (Wildman–Crippen LogP) is 12.0. The molecule has 0 aliphatic carbocycles. The third kappa shape index (κ3) is 4.63. The summed E-state index contributed by atoms with van der Waals surface area (Å²) in [6.45, 7) is 0. The van der Waals surface area contributed by atoms with Crippen molar-refractivity contribution in [3.63, 3.8) is 0 Å². The van der Waals surface area contributed by atoms with Gasteiger partial charge in [-0.3, -0.25) is 0 Å². The number of para-hydroxylation sites is 1. The van der Waals surface area contributed by atoms with Crippen molar-refractivity contribution >= 4 is 53.3 Å². The van der Waals surface area contributed by atoms with Gasteiger partial charge in [0.2, 0.25) is 0 Å². The third-order valence-electron chi connectivity index (χ3n) is 9.46. The van der Waals surface area contributed by atoms with Gasteiger partial charge in [0.1, 0.15) is 0 Å². The van der Waals surface area contributed by atoms with Gasteiger partial charge in [0.15, 0.2) is 17.5 Å². The van der Waals surface area contributed by atoms with E-state index in [1.165, 1.54) is 48.4 Å². The molecule has 0 saturated heterocycles. The highest BCUT2D eigenvalue weighted by molar-refractivity contribution is 7.26. The fourth-order valence-corrected chi connectivity index (χ4v) is 8.39. The Bertz CT molecular complexity index is 2800. The Kier molecular flexibility index (Phi) is 6.64. The van der Waals surface area contributed by atoms with E-state index in [-0.39, 0.29) is 0 Å². The Balaban J connectivity index is 1.23. The zero-order chi connectivity index (χ0) is 33.0. The van der Waals surface area contributed by atoms with Gasteiger partial charge in [0, 0.05) is 47.6 Å². The molecule has 0 N–H and O–H groups in total. The summed E-state index contributed by atoms with van der Waals surface area (Å²) >= 11 is 1.79. The summed E-state index contributed by atoms with van der Waals surface area (Å²) in [4.78, 5) is 15.1. The summed E-state index contributed by atoms with van der Waals surface area (Å²) in [5.41, 5.74) is 8.86. The SMILES string of the molecule is c1ccc(-c2ccc3c4ccccc4n(-c4cccc5sc6c(-c7nc(-c8ccccc8)nc(-c8ccccc8)n7)cccc6c45)c3c2)cc1. The summed E-state index contributed by atoms with van der Waals surface area (Å²) in [6.07, 6.45) is 0. The average Bonchev–Trinajstić information content (AvgIpc) is 3.74. The van der Waals surface area contributed by atoms with Crippen molar-refractivity contribution < 1.29 is 0 Å². The van der Waals surface area contributed by atoms with Gasteiger partial charge < -0.3 is 4.57 Å². The first-order valence-electron chi connectivity index (χ1n) is 16.7. The molecule has 10 aromatic rings. The van der Waals surface area contributed by atoms with Crippen LogP contribution in [0.15, 0.2) is 170 Å². The molecule has 5 heteroatoms. The average molecular weight is 657 g/mol. The minimum Gasteiger partial charge on any atom is -0.309 e. The Hall–Kier alpha value is -6.43. The van der Waals surface area contributed by atoms with Gasteiger partial charge >= 0.3 is 0 Å². The van der Waals surface area contributed by atoms with Crippen molar-refractivity contribution in [2.24, 2.45) is 0 Å². The van der Waals surface area contributed by atoms with E-state index in [9.17, 15) is 0 Å². The molecule has 0 fully saturated rings. The highest BCUT2D eigenvalue weighted by Gasteiger charge is 2.20. The molecule has 0 saturated carbocycles. The first-order chi connectivity index (χ1) is 24.8. The molecule has 0 bridgehead atoms. The van der Waals surface area contributed by atoms with E-state index in [2.05, 4.69) is 138 Å². The molecule has 3 heterocycles. The molecule has 0 aliphatic rings. The Morgan fingerprint density at radius 1 is 0.400 bits per heavy atom. The van der Waals surface area contributed by atoms with Crippen molar-refractivity contribution in [2.45, 2.75) is 0 Å². The van der Waals surface area contributed by atoms with Crippen LogP contribution in [0.5, 0.6) is 0 Å². The van der Waals surface area contributed by atoms with Crippen LogP contribution in [0.1, 0.15) is 0 Å². The van der Waals surface area contributed by atoms with E-state index < -0.39 is 0 Å². The molecule has 0 amide bonds. The maximum atomic E-state index is 5.09. The summed E-state index contributed by atoms with van der Waals surface area (Å²) in [7, 11) is 0. The highest BCUT2D eigenvalue weighted by Crippen LogP contribution is 2.44. The van der Waals surface area contributed by atoms with E-state index in [1.54, 1.807) is 11.3 Å². The minimum absolute atomic E-state index is 0.660. The molecule has 0 atom stereocenters. The minimum atomic E-state index is 0.660. The van der Waals surface area contributed by atoms with E-state index in [4.69, 9.17) is 15.0 Å². The topological polar surface area (TPSA) is 43.6 Å². The Labute approximate surface area is 292 Å². The normalized spacial score (nSPS) is 11.6. The summed E-state index contributed by atoms with van der Waals surface area (Å²) in [5.74, 6) is 1.99. The second kappa shape index (κ2) is 11.6. The molecule has 7 aromatic carbocycles. The Morgan fingerprint density at radius 2 is 0.980 bits per heavy atom. The van der Waals surface area contributed by atoms with E-state index in [1.807, 2.05) is 36.4 Å². The molecule has 0 radical (unpaired) electrons. The zero-order valence-electron chi connectivity index (χ0n) is 26.9. The van der Waals surface area contributed by atoms with Crippen LogP contribution in [-0.2, 0) is 0 Å². The maximum absolute atomic E-state index is 5.09. The van der Waals surface area contributed by atoms with Crippen molar-refractivity contribution in [3.05, 3.63) is 170 Å². The number of benzene rings is 7. The number of hydrogen-bond acceptors (Lipinski definition) is 4. The quantitative estimate of drug-likeness (QED) is 0.185. The fourth-order valence-electron chi connectivity index (χ4n) is 7.16. The lowest BCUT2D eigenvalue weighted by atomic mass is 10.0. The van der Waals surface area contributed by atoms with Crippen molar-refractivity contribution in [3.8, 4) is 51.0 Å². The van der Waals surface area contributed by atoms with Gasteiger partial charge in [0.05, 0.1) is 16.7 Å². The van der Waals surface area contributed by atoms with Crippen molar-refractivity contribution in [2.75, 3.05) is 0 Å². The molecule has 0 spiro atoms. The fraction of sp³-hybridized carbons (Fsp3) is 0. The largest absolute Gasteiger partial charge is 0.309 e. The van der Waals surface area contributed by atoms with Gasteiger partial charge in [-0.05, 0) is 41.5 Å². The number of hydrogen-bond donors (Lipinski definition) is 0. The third-order valence-corrected chi connectivity index (χ3v) is 10.7. The molecule has 234 valence electrons. The summed E-state index contributed by atoms with van der Waals surface area (Å²) in [6, 6.07) is 59.7. The van der Waals surface area contributed by atoms with E-state index >= 15 is 0 Å². The van der Waals surface area contributed by atoms with Gasteiger partial charge in [-0.1, -0.05) is 140 Å². The number of rotatable bonds is 5. The van der Waals surface area contributed by atoms with Crippen molar-refractivity contribution in [1.82, 2.24) is 19.5 Å². The van der Waals surface area contributed by atoms with Gasteiger partial charge in [-0.25, -0.2) is 15.0 Å². The molecular weight excluding hydrogens is 629 g/mol. The standard InChI is InChI=1S/C45H28N4S/c1-4-14-29(15-5-1)32-26-27-34-33-20-10-11-23-37(33)49(39(34)28-32)38-24-13-25-40-41(38)35-21-12-22-36(42(35)50-40)45-47-43(30-16-6-2-7-17-30)46-44(48-45)31-18-8-3-9-19-31/h1-28H. The first kappa shape index (κ1) is 28.6. The molecule has 0 aliphatic heterocycles. The predicted molar refractivity (Wildman–Crippen MR) is 209 cm³/mol. The summed E-state index contributed by atoms with van der Waals surface area (Å²) < 4.78 is 4.82. The van der Waals surface area contributed by atoms with Gasteiger partial charge in [-0.2, -0.15) is 0 Å². The number of fused-ring (bicyclic) bond motifs is 6. The smallest absolute Gasteiger partial charge is 0.165 e. The maximum Gasteiger partial charge on any atom is 0.165 e. The molecule has 0 unspecified atom stereocenters. The molecular formula is C45H28N4S. The van der Waals surface area contributed by atoms with Crippen LogP contribution in [0.4, 0.5) is 0 Å². The van der Waals surface area contributed by atoms with E-state index in [0.29, 0.717) is 17.5 Å². The number of nitrogens with zero attached hydrogens (tertiary/aromatic N) is 4. The number of thiophene rings is 1. The van der Waals surface area contributed by atoms with Gasteiger partial charge in [-0.15, -0.1) is 11.3 Å². The summed E-state index contributed by atoms with van der Waals surface area (Å²) in [5, 5.41) is 4.89. The van der Waals surface area contributed by atoms with Crippen LogP contribution >= 0.6 is 11.3 Å². The molecule has 50 heavy (non-hydrogen) atoms. The van der Waals surface area contributed by atoms with Crippen LogP contribution < -0.4 is 0 Å². The lowest BCUT2D eigenvalue weighted by Gasteiger charge is -2.11. The van der Waals surface area contributed by atoms with Gasteiger partial charge in [0.25, 0.3) is 0 Å². The monoisotopic (exact) mass is 656 g/mol. The van der Waals surface area contributed by atoms with Crippen LogP contribution in [0, 0.1) is 0 Å². The second-order valence-electron chi connectivity index (χ2n) is 12.4. The van der Waals surface area contributed by atoms with Crippen molar-refractivity contribution in [1.29, 1.82) is 0 Å². The lowest BCUT2D eigenvalue weighted by Crippen LogP contribution is -2.00. The van der Waals surface area contributed by atoms with Crippen LogP contribution in [-0.4, -0.2) is 19.5 Å². The first-order valence-corrected chi connectivity index (χ1v) is 17.5. The van der Waals surface area contributed by atoms with Crippen LogP contribution in [0.3, 0.4) is 0 Å². The Morgan fingerprint density at radius 3 is 1.70 bits per heavy atom. The van der Waals surface area contributed by atoms with Crippen LogP contribution in [0.25, 0.3) is 93.0 Å². The highest BCUT2D eigenvalue weighted by atomic mass is 32.1. The molecule has 4 nitrogen and oxygen atoms in total. The molecule has 3 aromatic heterocycles. The number of aromatic nitrogens is 4. The lowest BCUT2D eigenvalue weighted by molar-refractivity contribution is 1.08. The second-order valence-corrected chi connectivity index (χ2v) is 13.5. The molecule has 10 rings (SSSR count).